The highest BCUT2D eigenvalue weighted by Crippen LogP contribution is 2.45. The van der Waals surface area contributed by atoms with Crippen LogP contribution in [0.2, 0.25) is 0 Å². The highest BCUT2D eigenvalue weighted by atomic mass is 16.5. The van der Waals surface area contributed by atoms with Gasteiger partial charge in [0.2, 0.25) is 5.95 Å². The molecule has 2 aromatic heterocycles. The van der Waals surface area contributed by atoms with Gasteiger partial charge in [-0.05, 0) is 50.7 Å². The average Bonchev–Trinajstić information content (AvgIpc) is 3.41. The summed E-state index contributed by atoms with van der Waals surface area (Å²) in [5, 5.41) is 6.59. The van der Waals surface area contributed by atoms with E-state index in [0.717, 1.165) is 89.7 Å². The summed E-state index contributed by atoms with van der Waals surface area (Å²) in [7, 11) is 0. The average molecular weight is 464 g/mol. The van der Waals surface area contributed by atoms with Crippen LogP contribution in [0.1, 0.15) is 57.8 Å². The minimum Gasteiger partial charge on any atom is -0.472 e. The fourth-order valence-corrected chi connectivity index (χ4v) is 5.86. The van der Waals surface area contributed by atoms with Gasteiger partial charge < -0.3 is 20.3 Å². The van der Waals surface area contributed by atoms with E-state index < -0.39 is 5.60 Å². The third-order valence-corrected chi connectivity index (χ3v) is 7.70. The van der Waals surface area contributed by atoms with E-state index in [9.17, 15) is 4.79 Å². The van der Waals surface area contributed by atoms with Crippen LogP contribution in [-0.2, 0) is 4.79 Å². The molecule has 3 fully saturated rings. The Kier molecular flexibility index (Phi) is 5.72. The predicted molar refractivity (Wildman–Crippen MR) is 131 cm³/mol. The summed E-state index contributed by atoms with van der Waals surface area (Å²) in [5.41, 5.74) is 0.371. The van der Waals surface area contributed by atoms with Crippen molar-refractivity contribution < 1.29 is 9.53 Å². The lowest BCUT2D eigenvalue weighted by molar-refractivity contribution is -0.139. The van der Waals surface area contributed by atoms with E-state index in [1.807, 2.05) is 17.2 Å². The first-order valence-electron chi connectivity index (χ1n) is 12.8. The van der Waals surface area contributed by atoms with Gasteiger partial charge in [-0.3, -0.25) is 9.69 Å². The molecule has 0 radical (unpaired) electrons. The predicted octanol–water partition coefficient (Wildman–Crippen LogP) is 3.40. The van der Waals surface area contributed by atoms with Crippen molar-refractivity contribution in [3.8, 4) is 5.75 Å². The molecule has 1 saturated heterocycles. The number of nitrogens with zero attached hydrogens (tertiary/aromatic N) is 5. The van der Waals surface area contributed by atoms with E-state index >= 15 is 0 Å². The number of piperazine rings is 1. The highest BCUT2D eigenvalue weighted by Gasteiger charge is 2.51. The van der Waals surface area contributed by atoms with Crippen molar-refractivity contribution in [3.63, 3.8) is 0 Å². The van der Waals surface area contributed by atoms with Gasteiger partial charge in [-0.15, -0.1) is 0 Å². The molecule has 0 aromatic carbocycles. The van der Waals surface area contributed by atoms with Crippen LogP contribution in [0.15, 0.2) is 24.5 Å². The summed E-state index contributed by atoms with van der Waals surface area (Å²) in [6, 6.07) is 4.21. The zero-order valence-corrected chi connectivity index (χ0v) is 19.6. The van der Waals surface area contributed by atoms with Crippen molar-refractivity contribution in [3.05, 3.63) is 24.5 Å². The van der Waals surface area contributed by atoms with Gasteiger partial charge in [0.1, 0.15) is 5.82 Å². The van der Waals surface area contributed by atoms with Crippen molar-refractivity contribution in [1.82, 2.24) is 20.3 Å². The number of anilines is 4. The van der Waals surface area contributed by atoms with E-state index in [1.165, 1.54) is 0 Å². The maximum atomic E-state index is 13.8. The Morgan fingerprint density at radius 1 is 1.00 bits per heavy atom. The van der Waals surface area contributed by atoms with Crippen LogP contribution >= 0.6 is 0 Å². The first-order valence-corrected chi connectivity index (χ1v) is 12.8. The van der Waals surface area contributed by atoms with Crippen molar-refractivity contribution in [2.45, 2.75) is 69.4 Å². The summed E-state index contributed by atoms with van der Waals surface area (Å²) < 4.78 is 6.38. The van der Waals surface area contributed by atoms with E-state index in [2.05, 4.69) is 31.6 Å². The third-order valence-electron chi connectivity index (χ3n) is 7.70. The fraction of sp³-hybridized carbons (Fsp3) is 0.600. The largest absolute Gasteiger partial charge is 0.472 e. The molecule has 0 unspecified atom stereocenters. The normalized spacial score (nSPS) is 22.5. The van der Waals surface area contributed by atoms with Gasteiger partial charge in [0.05, 0.1) is 18.1 Å². The van der Waals surface area contributed by atoms with Gasteiger partial charge >= 0.3 is 0 Å². The third kappa shape index (κ3) is 3.96. The molecule has 2 saturated carbocycles. The van der Waals surface area contributed by atoms with Gasteiger partial charge in [-0.25, -0.2) is 9.97 Å². The molecular formula is C25H33N7O2. The number of nitrogens with one attached hydrogen (secondary N) is 2. The molecule has 4 aliphatic rings. The number of amides is 1. The van der Waals surface area contributed by atoms with Crippen LogP contribution in [0.3, 0.4) is 0 Å². The van der Waals surface area contributed by atoms with E-state index in [1.54, 1.807) is 6.20 Å². The van der Waals surface area contributed by atoms with Gasteiger partial charge in [0.15, 0.2) is 17.2 Å². The molecule has 4 heterocycles. The van der Waals surface area contributed by atoms with E-state index in [4.69, 9.17) is 9.72 Å². The Morgan fingerprint density at radius 3 is 2.53 bits per heavy atom. The highest BCUT2D eigenvalue weighted by molar-refractivity contribution is 6.02. The monoisotopic (exact) mass is 463 g/mol. The second-order valence-electron chi connectivity index (χ2n) is 9.92. The molecule has 180 valence electrons. The first kappa shape index (κ1) is 21.6. The van der Waals surface area contributed by atoms with E-state index in [-0.39, 0.29) is 11.9 Å². The zero-order valence-electron chi connectivity index (χ0n) is 19.6. The molecule has 9 nitrogen and oxygen atoms in total. The summed E-state index contributed by atoms with van der Waals surface area (Å²) in [4.78, 5) is 32.0. The minimum absolute atomic E-state index is 0.0924. The lowest BCUT2D eigenvalue weighted by atomic mass is 9.82. The number of carbonyl (C=O) groups excluding carboxylic acids is 1. The number of hydrogen-bond donors (Lipinski definition) is 2. The molecule has 1 spiro atoms. The number of pyridine rings is 1. The van der Waals surface area contributed by atoms with Crippen LogP contribution in [-0.4, -0.2) is 58.7 Å². The second kappa shape index (κ2) is 9.02. The second-order valence-corrected chi connectivity index (χ2v) is 9.92. The molecule has 1 amide bonds. The number of ether oxygens (including phenoxy) is 1. The van der Waals surface area contributed by atoms with E-state index in [0.29, 0.717) is 23.3 Å². The lowest BCUT2D eigenvalue weighted by Crippen LogP contribution is -2.59. The maximum absolute atomic E-state index is 13.8. The van der Waals surface area contributed by atoms with Crippen molar-refractivity contribution in [1.29, 1.82) is 0 Å². The quantitative estimate of drug-likeness (QED) is 0.712. The van der Waals surface area contributed by atoms with Crippen LogP contribution in [0.5, 0.6) is 5.75 Å². The lowest BCUT2D eigenvalue weighted by Gasteiger charge is -2.45. The van der Waals surface area contributed by atoms with Crippen molar-refractivity contribution in [2.75, 3.05) is 41.3 Å². The summed E-state index contributed by atoms with van der Waals surface area (Å²) in [5.74, 6) is 2.43. The topological polar surface area (TPSA) is 95.5 Å². The minimum atomic E-state index is -0.743. The molecule has 34 heavy (non-hydrogen) atoms. The number of carbonyl (C=O) groups is 1. The fourth-order valence-electron chi connectivity index (χ4n) is 5.86. The standard InChI is InChI=1S/C25H33N7O2/c33-23-25(10-4-1-5-11-25)34-20-17-28-24(30-22(20)32(23)18-6-2-3-7-18)29-21-9-8-19(16-27-21)31-14-12-26-13-15-31/h8-9,16-18,26H,1-7,10-15H2,(H,27,28,29,30). The molecule has 2 N–H and O–H groups in total. The maximum Gasteiger partial charge on any atom is 0.272 e. The van der Waals surface area contributed by atoms with Crippen LogP contribution in [0.4, 0.5) is 23.3 Å². The molecule has 2 aliphatic heterocycles. The van der Waals surface area contributed by atoms with Crippen molar-refractivity contribution >= 4 is 29.2 Å². The van der Waals surface area contributed by atoms with Crippen LogP contribution in [0.25, 0.3) is 0 Å². The van der Waals surface area contributed by atoms with Crippen LogP contribution < -0.4 is 25.2 Å². The summed E-state index contributed by atoms with van der Waals surface area (Å²) >= 11 is 0. The smallest absolute Gasteiger partial charge is 0.272 e. The Balaban J connectivity index is 1.26. The van der Waals surface area contributed by atoms with Gasteiger partial charge in [-0.2, -0.15) is 4.98 Å². The molecule has 9 heteroatoms. The number of rotatable bonds is 4. The molecule has 0 bridgehead atoms. The molecular weight excluding hydrogens is 430 g/mol. The van der Waals surface area contributed by atoms with Crippen molar-refractivity contribution in [2.24, 2.45) is 0 Å². The number of hydrogen-bond acceptors (Lipinski definition) is 8. The molecule has 6 rings (SSSR count). The molecule has 2 aromatic rings. The summed E-state index contributed by atoms with van der Waals surface area (Å²) in [6.45, 7) is 3.94. The molecule has 0 atom stereocenters. The number of aromatic nitrogens is 3. The van der Waals surface area contributed by atoms with Gasteiger partial charge in [0, 0.05) is 32.2 Å². The van der Waals surface area contributed by atoms with Gasteiger partial charge in [0.25, 0.3) is 5.91 Å². The Hall–Kier alpha value is -2.94. The van der Waals surface area contributed by atoms with Gasteiger partial charge in [-0.1, -0.05) is 19.3 Å². The Bertz CT molecular complexity index is 1030. The SMILES string of the molecule is O=C1N(C2CCCC2)c2nc(Nc3ccc(N4CCNCC4)cn3)ncc2OC12CCCCC2. The first-order chi connectivity index (χ1) is 16.7. The molecule has 2 aliphatic carbocycles. The Morgan fingerprint density at radius 2 is 1.79 bits per heavy atom. The Labute approximate surface area is 200 Å². The zero-order chi connectivity index (χ0) is 23.0. The number of fused-ring (bicyclic) bond motifs is 1. The van der Waals surface area contributed by atoms with Crippen LogP contribution in [0, 0.1) is 0 Å². The summed E-state index contributed by atoms with van der Waals surface area (Å²) in [6.07, 6.45) is 12.7.